The number of hydrogen-bond donors (Lipinski definition) is 1. The molecule has 0 aliphatic heterocycles. The van der Waals surface area contributed by atoms with Gasteiger partial charge in [0, 0.05) is 5.02 Å². The minimum Gasteiger partial charge on any atom is -0.345 e. The lowest BCUT2D eigenvalue weighted by Gasteiger charge is -2.16. The Kier molecular flexibility index (Phi) is 4.44. The first kappa shape index (κ1) is 15.8. The molecule has 1 heterocycles. The molecule has 116 valence electrons. The highest BCUT2D eigenvalue weighted by atomic mass is 35.5. The van der Waals surface area contributed by atoms with Crippen molar-refractivity contribution in [3.05, 3.63) is 55.4 Å². The third-order valence-corrected chi connectivity index (χ3v) is 5.32. The van der Waals surface area contributed by atoms with E-state index in [1.54, 1.807) is 6.92 Å². The summed E-state index contributed by atoms with van der Waals surface area (Å²) in [5.74, 6) is -0.174. The first-order chi connectivity index (χ1) is 10.5. The van der Waals surface area contributed by atoms with E-state index in [1.165, 1.54) is 23.5 Å². The number of rotatable bonds is 4. The molecule has 0 bridgehead atoms. The van der Waals surface area contributed by atoms with Crippen LogP contribution in [-0.4, -0.2) is 5.91 Å². The highest BCUT2D eigenvalue weighted by Gasteiger charge is 2.29. The van der Waals surface area contributed by atoms with Gasteiger partial charge < -0.3 is 5.32 Å². The second kappa shape index (κ2) is 6.19. The van der Waals surface area contributed by atoms with Gasteiger partial charge in [0.15, 0.2) is 0 Å². The molecule has 1 aliphatic carbocycles. The van der Waals surface area contributed by atoms with Gasteiger partial charge in [-0.25, -0.2) is 4.39 Å². The minimum absolute atomic E-state index is 0.0263. The average molecular weight is 358 g/mol. The van der Waals surface area contributed by atoms with Crippen molar-refractivity contribution in [2.75, 3.05) is 0 Å². The maximum Gasteiger partial charge on any atom is 0.262 e. The highest BCUT2D eigenvalue weighted by Crippen LogP contribution is 2.43. The summed E-state index contributed by atoms with van der Waals surface area (Å²) in [5, 5.41) is 5.13. The van der Waals surface area contributed by atoms with E-state index in [0.717, 1.165) is 23.3 Å². The van der Waals surface area contributed by atoms with Crippen LogP contribution in [0.2, 0.25) is 10.0 Å². The Morgan fingerprint density at radius 2 is 2.09 bits per heavy atom. The van der Waals surface area contributed by atoms with E-state index in [2.05, 4.69) is 5.32 Å². The van der Waals surface area contributed by atoms with Crippen LogP contribution in [0.25, 0.3) is 0 Å². The molecular weight excluding hydrogens is 344 g/mol. The van der Waals surface area contributed by atoms with Crippen molar-refractivity contribution in [2.45, 2.75) is 31.7 Å². The van der Waals surface area contributed by atoms with Crippen LogP contribution >= 0.6 is 34.5 Å². The van der Waals surface area contributed by atoms with Crippen molar-refractivity contribution < 1.29 is 9.18 Å². The summed E-state index contributed by atoms with van der Waals surface area (Å²) >= 11 is 13.2. The molecule has 2 nitrogen and oxygen atoms in total. The molecule has 3 rings (SSSR count). The molecule has 0 saturated heterocycles. The number of benzene rings is 1. The molecule has 1 aromatic carbocycles. The molecule has 0 radical (unpaired) electrons. The molecule has 0 spiro atoms. The number of thiophene rings is 1. The Labute approximate surface area is 142 Å². The third kappa shape index (κ3) is 3.14. The average Bonchev–Trinajstić information content (AvgIpc) is 3.19. The Morgan fingerprint density at radius 1 is 1.36 bits per heavy atom. The van der Waals surface area contributed by atoms with Crippen LogP contribution in [0, 0.1) is 5.82 Å². The van der Waals surface area contributed by atoms with E-state index in [-0.39, 0.29) is 10.9 Å². The number of halogens is 3. The lowest BCUT2D eigenvalue weighted by Crippen LogP contribution is -2.27. The van der Waals surface area contributed by atoms with Crippen LogP contribution < -0.4 is 5.32 Å². The van der Waals surface area contributed by atoms with Gasteiger partial charge in [-0.05, 0) is 60.4 Å². The predicted octanol–water partition coefficient (Wildman–Crippen LogP) is 5.56. The van der Waals surface area contributed by atoms with E-state index in [9.17, 15) is 9.18 Å². The Hall–Kier alpha value is -1.10. The summed E-state index contributed by atoms with van der Waals surface area (Å²) in [7, 11) is 0. The van der Waals surface area contributed by atoms with Gasteiger partial charge in [0.05, 0.1) is 15.9 Å². The second-order valence-corrected chi connectivity index (χ2v) is 7.19. The van der Waals surface area contributed by atoms with Crippen LogP contribution in [-0.2, 0) is 0 Å². The van der Waals surface area contributed by atoms with Gasteiger partial charge in [-0.2, -0.15) is 0 Å². The van der Waals surface area contributed by atoms with E-state index in [4.69, 9.17) is 23.2 Å². The van der Waals surface area contributed by atoms with Crippen LogP contribution in [0.4, 0.5) is 4.39 Å². The zero-order valence-electron chi connectivity index (χ0n) is 11.8. The standard InChI is InChI=1S/C16H14Cl2FNOS/c1-8(11-6-14(19)13(18)7-12(11)17)20-16(21)15-10(4-5-22-15)9-2-3-9/h4-9H,2-3H2,1H3,(H,20,21). The lowest BCUT2D eigenvalue weighted by molar-refractivity contribution is 0.0943. The quantitative estimate of drug-likeness (QED) is 0.712. The fraction of sp³-hybridized carbons (Fsp3) is 0.312. The molecule has 1 aromatic heterocycles. The van der Waals surface area contributed by atoms with Gasteiger partial charge in [-0.1, -0.05) is 23.2 Å². The summed E-state index contributed by atoms with van der Waals surface area (Å²) in [5.41, 5.74) is 1.63. The summed E-state index contributed by atoms with van der Waals surface area (Å²) in [4.78, 5) is 13.2. The van der Waals surface area contributed by atoms with Crippen LogP contribution in [0.15, 0.2) is 23.6 Å². The Bertz CT molecular complexity index is 727. The molecule has 22 heavy (non-hydrogen) atoms. The summed E-state index contributed by atoms with van der Waals surface area (Å²) in [6.45, 7) is 1.77. The summed E-state index contributed by atoms with van der Waals surface area (Å²) < 4.78 is 13.6. The van der Waals surface area contributed by atoms with Crippen molar-refractivity contribution in [2.24, 2.45) is 0 Å². The topological polar surface area (TPSA) is 29.1 Å². The van der Waals surface area contributed by atoms with Gasteiger partial charge in [-0.3, -0.25) is 4.79 Å². The van der Waals surface area contributed by atoms with E-state index >= 15 is 0 Å². The number of hydrogen-bond acceptors (Lipinski definition) is 2. The third-order valence-electron chi connectivity index (χ3n) is 3.77. The summed E-state index contributed by atoms with van der Waals surface area (Å²) in [6, 6.07) is 4.24. The Balaban J connectivity index is 1.79. The molecule has 1 unspecified atom stereocenters. The SMILES string of the molecule is CC(NC(=O)c1sccc1C1CC1)c1cc(F)c(Cl)cc1Cl. The van der Waals surface area contributed by atoms with Crippen molar-refractivity contribution in [3.8, 4) is 0 Å². The first-order valence-corrected chi connectivity index (χ1v) is 8.63. The molecule has 1 fully saturated rings. The zero-order valence-corrected chi connectivity index (χ0v) is 14.2. The van der Waals surface area contributed by atoms with Gasteiger partial charge in [0.2, 0.25) is 0 Å². The maximum absolute atomic E-state index is 13.6. The number of nitrogens with one attached hydrogen (secondary N) is 1. The van der Waals surface area contributed by atoms with Crippen molar-refractivity contribution in [1.82, 2.24) is 5.32 Å². The predicted molar refractivity (Wildman–Crippen MR) is 88.6 cm³/mol. The highest BCUT2D eigenvalue weighted by molar-refractivity contribution is 7.12. The van der Waals surface area contributed by atoms with Crippen LogP contribution in [0.3, 0.4) is 0 Å². The van der Waals surface area contributed by atoms with E-state index < -0.39 is 11.9 Å². The molecule has 1 atom stereocenters. The number of carbonyl (C=O) groups excluding carboxylic acids is 1. The monoisotopic (exact) mass is 357 g/mol. The minimum atomic E-state index is -0.544. The molecule has 6 heteroatoms. The maximum atomic E-state index is 13.6. The normalized spacial score (nSPS) is 15.6. The van der Waals surface area contributed by atoms with Crippen molar-refractivity contribution in [3.63, 3.8) is 0 Å². The van der Waals surface area contributed by atoms with Gasteiger partial charge in [-0.15, -0.1) is 11.3 Å². The zero-order chi connectivity index (χ0) is 15.9. The number of amides is 1. The van der Waals surface area contributed by atoms with Gasteiger partial charge >= 0.3 is 0 Å². The molecule has 2 aromatic rings. The molecule has 1 amide bonds. The fourth-order valence-electron chi connectivity index (χ4n) is 2.43. The number of carbonyl (C=O) groups is 1. The molecule has 1 saturated carbocycles. The van der Waals surface area contributed by atoms with Crippen LogP contribution in [0.1, 0.15) is 52.5 Å². The van der Waals surface area contributed by atoms with Crippen molar-refractivity contribution >= 4 is 40.4 Å². The Morgan fingerprint density at radius 3 is 2.77 bits per heavy atom. The van der Waals surface area contributed by atoms with Crippen molar-refractivity contribution in [1.29, 1.82) is 0 Å². The first-order valence-electron chi connectivity index (χ1n) is 7.00. The lowest BCUT2D eigenvalue weighted by atomic mass is 10.1. The van der Waals surface area contributed by atoms with Gasteiger partial charge in [0.25, 0.3) is 5.91 Å². The molecule has 1 N–H and O–H groups in total. The van der Waals surface area contributed by atoms with E-state index in [1.807, 2.05) is 11.4 Å². The molecule has 1 aliphatic rings. The van der Waals surface area contributed by atoms with E-state index in [0.29, 0.717) is 16.5 Å². The fourth-order valence-corrected chi connectivity index (χ4v) is 3.86. The summed E-state index contributed by atoms with van der Waals surface area (Å²) in [6.07, 6.45) is 2.28. The smallest absolute Gasteiger partial charge is 0.262 e. The van der Waals surface area contributed by atoms with Gasteiger partial charge in [0.1, 0.15) is 5.82 Å². The largest absolute Gasteiger partial charge is 0.345 e. The van der Waals surface area contributed by atoms with Crippen LogP contribution in [0.5, 0.6) is 0 Å². The molecular formula is C16H14Cl2FNOS. The second-order valence-electron chi connectivity index (χ2n) is 5.46.